The van der Waals surface area contributed by atoms with Crippen molar-refractivity contribution in [1.82, 2.24) is 9.88 Å². The van der Waals surface area contributed by atoms with Gasteiger partial charge in [-0.2, -0.15) is 5.26 Å². The maximum atomic E-state index is 9.73. The van der Waals surface area contributed by atoms with Crippen molar-refractivity contribution in [3.8, 4) is 6.07 Å². The van der Waals surface area contributed by atoms with Crippen molar-refractivity contribution in [3.63, 3.8) is 0 Å². The van der Waals surface area contributed by atoms with E-state index in [1.165, 1.54) is 24.0 Å². The minimum atomic E-state index is 0.326. The highest BCUT2D eigenvalue weighted by Gasteiger charge is 2.28. The van der Waals surface area contributed by atoms with Gasteiger partial charge in [0.05, 0.1) is 29.0 Å². The molecule has 0 N–H and O–H groups in total. The molecule has 3 heterocycles. The van der Waals surface area contributed by atoms with Gasteiger partial charge in [0.2, 0.25) is 0 Å². The summed E-state index contributed by atoms with van der Waals surface area (Å²) in [6.45, 7) is 13.8. The van der Waals surface area contributed by atoms with Gasteiger partial charge in [-0.15, -0.1) is 0 Å². The SMILES string of the molecule is Cc1cc(C)c2ncc(C#N)c(N3CCC(CN4CC(C)OC(C)C4)CC3)c2c1. The highest BCUT2D eigenvalue weighted by molar-refractivity contribution is 5.96. The van der Waals surface area contributed by atoms with E-state index in [4.69, 9.17) is 4.74 Å². The van der Waals surface area contributed by atoms with E-state index in [2.05, 4.69) is 60.7 Å². The van der Waals surface area contributed by atoms with Gasteiger partial charge in [0, 0.05) is 44.3 Å². The molecule has 5 nitrogen and oxygen atoms in total. The molecule has 29 heavy (non-hydrogen) atoms. The number of rotatable bonds is 3. The first-order valence-corrected chi connectivity index (χ1v) is 10.9. The molecule has 0 spiro atoms. The van der Waals surface area contributed by atoms with Crippen LogP contribution in [0.3, 0.4) is 0 Å². The number of pyridine rings is 1. The van der Waals surface area contributed by atoms with Crippen LogP contribution in [0.1, 0.15) is 43.4 Å². The number of hydrogen-bond donors (Lipinski definition) is 0. The number of piperidine rings is 1. The lowest BCUT2D eigenvalue weighted by molar-refractivity contribution is -0.0720. The van der Waals surface area contributed by atoms with Crippen LogP contribution in [0.15, 0.2) is 18.3 Å². The molecular weight excluding hydrogens is 360 g/mol. The Balaban J connectivity index is 1.51. The van der Waals surface area contributed by atoms with E-state index in [-0.39, 0.29) is 0 Å². The lowest BCUT2D eigenvalue weighted by Gasteiger charge is -2.40. The molecule has 2 atom stereocenters. The normalized spacial score (nSPS) is 24.0. The minimum absolute atomic E-state index is 0.326. The Morgan fingerprint density at radius 1 is 1.14 bits per heavy atom. The first kappa shape index (κ1) is 20.1. The Bertz CT molecular complexity index is 917. The Labute approximate surface area is 174 Å². The second-order valence-electron chi connectivity index (χ2n) is 9.02. The standard InChI is InChI=1S/C24H32N4O/c1-16-9-17(2)23-22(10-16)24(21(11-25)12-26-23)28-7-5-20(6-8-28)15-27-13-18(3)29-19(4)14-27/h9-10,12,18-20H,5-8,13-15H2,1-4H3. The first-order chi connectivity index (χ1) is 13.9. The summed E-state index contributed by atoms with van der Waals surface area (Å²) in [5.41, 5.74) is 5.19. The topological polar surface area (TPSA) is 52.4 Å². The maximum absolute atomic E-state index is 9.73. The average molecular weight is 393 g/mol. The van der Waals surface area contributed by atoms with Gasteiger partial charge < -0.3 is 9.64 Å². The van der Waals surface area contributed by atoms with Crippen molar-refractivity contribution in [2.45, 2.75) is 52.7 Å². The van der Waals surface area contributed by atoms with Crippen molar-refractivity contribution in [1.29, 1.82) is 5.26 Å². The summed E-state index contributed by atoms with van der Waals surface area (Å²) < 4.78 is 5.88. The molecular formula is C24H32N4O. The van der Waals surface area contributed by atoms with E-state index in [0.29, 0.717) is 23.7 Å². The van der Waals surface area contributed by atoms with Gasteiger partial charge in [-0.1, -0.05) is 11.6 Å². The van der Waals surface area contributed by atoms with Crippen molar-refractivity contribution >= 4 is 16.6 Å². The van der Waals surface area contributed by atoms with Crippen molar-refractivity contribution < 1.29 is 4.74 Å². The number of anilines is 1. The summed E-state index contributed by atoms with van der Waals surface area (Å²) in [6.07, 6.45) is 4.74. The molecule has 2 aliphatic heterocycles. The van der Waals surface area contributed by atoms with Gasteiger partial charge in [-0.05, 0) is 58.1 Å². The fourth-order valence-corrected chi connectivity index (χ4v) is 5.21. The van der Waals surface area contributed by atoms with E-state index in [0.717, 1.165) is 49.3 Å². The van der Waals surface area contributed by atoms with Gasteiger partial charge >= 0.3 is 0 Å². The third-order valence-corrected chi connectivity index (χ3v) is 6.34. The van der Waals surface area contributed by atoms with Crippen LogP contribution in [0.4, 0.5) is 5.69 Å². The fraction of sp³-hybridized carbons (Fsp3) is 0.583. The minimum Gasteiger partial charge on any atom is -0.373 e. The van der Waals surface area contributed by atoms with Crippen LogP contribution in [0.2, 0.25) is 0 Å². The number of benzene rings is 1. The second kappa shape index (κ2) is 8.30. The molecule has 1 aromatic carbocycles. The molecule has 2 fully saturated rings. The third-order valence-electron chi connectivity index (χ3n) is 6.34. The highest BCUT2D eigenvalue weighted by Crippen LogP contribution is 2.34. The predicted molar refractivity (Wildman–Crippen MR) is 117 cm³/mol. The number of ether oxygens (including phenoxy) is 1. The fourth-order valence-electron chi connectivity index (χ4n) is 5.21. The van der Waals surface area contributed by atoms with E-state index in [1.54, 1.807) is 6.20 Å². The monoisotopic (exact) mass is 392 g/mol. The van der Waals surface area contributed by atoms with Crippen molar-refractivity contribution in [3.05, 3.63) is 35.0 Å². The molecule has 4 rings (SSSR count). The molecule has 0 aliphatic carbocycles. The summed E-state index contributed by atoms with van der Waals surface area (Å²) in [4.78, 5) is 9.58. The Hall–Kier alpha value is -2.16. The number of fused-ring (bicyclic) bond motifs is 1. The van der Waals surface area contributed by atoms with Crippen molar-refractivity contribution in [2.24, 2.45) is 5.92 Å². The van der Waals surface area contributed by atoms with Crippen LogP contribution in [-0.4, -0.2) is 54.8 Å². The number of nitriles is 1. The van der Waals surface area contributed by atoms with Gasteiger partial charge in [-0.25, -0.2) is 0 Å². The predicted octanol–water partition coefficient (Wildman–Crippen LogP) is 4.05. The molecule has 2 saturated heterocycles. The number of nitrogens with zero attached hydrogens (tertiary/aromatic N) is 4. The van der Waals surface area contributed by atoms with Gasteiger partial charge in [-0.3, -0.25) is 9.88 Å². The summed E-state index contributed by atoms with van der Waals surface area (Å²) in [6, 6.07) is 6.74. The lowest BCUT2D eigenvalue weighted by atomic mass is 9.94. The third kappa shape index (κ3) is 4.24. The van der Waals surface area contributed by atoms with Gasteiger partial charge in [0.15, 0.2) is 0 Å². The molecule has 2 unspecified atom stereocenters. The van der Waals surface area contributed by atoms with E-state index in [1.807, 2.05) is 0 Å². The largest absolute Gasteiger partial charge is 0.373 e. The highest BCUT2D eigenvalue weighted by atomic mass is 16.5. The molecule has 2 aromatic rings. The van der Waals surface area contributed by atoms with E-state index < -0.39 is 0 Å². The van der Waals surface area contributed by atoms with E-state index >= 15 is 0 Å². The van der Waals surface area contributed by atoms with Crippen LogP contribution in [-0.2, 0) is 4.74 Å². The molecule has 0 saturated carbocycles. The maximum Gasteiger partial charge on any atom is 0.103 e. The van der Waals surface area contributed by atoms with Crippen LogP contribution in [0, 0.1) is 31.1 Å². The quantitative estimate of drug-likeness (QED) is 0.789. The molecule has 0 bridgehead atoms. The molecule has 0 radical (unpaired) electrons. The smallest absolute Gasteiger partial charge is 0.103 e. The summed E-state index contributed by atoms with van der Waals surface area (Å²) in [5.74, 6) is 0.714. The number of morpholine rings is 1. The van der Waals surface area contributed by atoms with Crippen LogP contribution >= 0.6 is 0 Å². The number of aryl methyl sites for hydroxylation is 2. The lowest BCUT2D eigenvalue weighted by Crippen LogP contribution is -2.48. The van der Waals surface area contributed by atoms with Gasteiger partial charge in [0.1, 0.15) is 6.07 Å². The molecule has 154 valence electrons. The molecule has 5 heteroatoms. The zero-order chi connectivity index (χ0) is 20.5. The first-order valence-electron chi connectivity index (χ1n) is 10.9. The van der Waals surface area contributed by atoms with Crippen LogP contribution in [0.25, 0.3) is 10.9 Å². The Morgan fingerprint density at radius 2 is 1.83 bits per heavy atom. The number of hydrogen-bond acceptors (Lipinski definition) is 5. The van der Waals surface area contributed by atoms with Gasteiger partial charge in [0.25, 0.3) is 0 Å². The Kier molecular flexibility index (Phi) is 5.76. The number of aromatic nitrogens is 1. The van der Waals surface area contributed by atoms with Crippen molar-refractivity contribution in [2.75, 3.05) is 37.6 Å². The molecule has 2 aliphatic rings. The van der Waals surface area contributed by atoms with Crippen LogP contribution in [0.5, 0.6) is 0 Å². The summed E-state index contributed by atoms with van der Waals surface area (Å²) in [5, 5.41) is 10.9. The Morgan fingerprint density at radius 3 is 2.48 bits per heavy atom. The van der Waals surface area contributed by atoms with E-state index in [9.17, 15) is 5.26 Å². The zero-order valence-electron chi connectivity index (χ0n) is 18.1. The second-order valence-corrected chi connectivity index (χ2v) is 9.02. The molecule has 0 amide bonds. The average Bonchev–Trinajstić information content (AvgIpc) is 2.67. The van der Waals surface area contributed by atoms with Crippen LogP contribution < -0.4 is 4.90 Å². The molecule has 1 aromatic heterocycles. The zero-order valence-corrected chi connectivity index (χ0v) is 18.1. The summed E-state index contributed by atoms with van der Waals surface area (Å²) >= 11 is 0. The summed E-state index contributed by atoms with van der Waals surface area (Å²) in [7, 11) is 0.